The van der Waals surface area contributed by atoms with Gasteiger partial charge in [0.2, 0.25) is 0 Å². The first-order valence-corrected chi connectivity index (χ1v) is 4.89. The number of rotatable bonds is 0. The highest BCUT2D eigenvalue weighted by molar-refractivity contribution is 5.05. The maximum atomic E-state index is 3.11. The minimum absolute atomic E-state index is 1.21. The van der Waals surface area contributed by atoms with Crippen molar-refractivity contribution in [1.82, 2.24) is 0 Å². The molecule has 1 aliphatic rings. The van der Waals surface area contributed by atoms with Crippen LogP contribution in [0.15, 0.2) is 30.4 Å². The van der Waals surface area contributed by atoms with E-state index in [2.05, 4.69) is 24.3 Å². The van der Waals surface area contributed by atoms with Crippen LogP contribution in [0.4, 0.5) is 0 Å². The molecule has 0 heteroatoms. The van der Waals surface area contributed by atoms with E-state index in [0.717, 1.165) is 0 Å². The van der Waals surface area contributed by atoms with Crippen LogP contribution in [0.3, 0.4) is 0 Å². The Morgan fingerprint density at radius 3 is 2.42 bits per heavy atom. The van der Waals surface area contributed by atoms with Gasteiger partial charge in [-0.15, -0.1) is 0 Å². The van der Waals surface area contributed by atoms with Gasteiger partial charge in [0, 0.05) is 0 Å². The van der Waals surface area contributed by atoms with E-state index in [-0.39, 0.29) is 0 Å². The summed E-state index contributed by atoms with van der Waals surface area (Å²) in [5.74, 6) is 0. The highest BCUT2D eigenvalue weighted by Crippen LogP contribution is 2.06. The quantitative estimate of drug-likeness (QED) is 0.506. The Balaban J connectivity index is 2.32. The average Bonchev–Trinajstić information content (AvgIpc) is 2.05. The second kappa shape index (κ2) is 6.90. The fourth-order valence-electron chi connectivity index (χ4n) is 1.30. The summed E-state index contributed by atoms with van der Waals surface area (Å²) < 4.78 is 0. The van der Waals surface area contributed by atoms with Gasteiger partial charge in [-0.2, -0.15) is 0 Å². The fourth-order valence-corrected chi connectivity index (χ4v) is 1.30. The van der Waals surface area contributed by atoms with Crippen molar-refractivity contribution in [3.63, 3.8) is 0 Å². The molecule has 0 aromatic rings. The maximum absolute atomic E-state index is 3.11. The Kier molecular flexibility index (Phi) is 5.35. The fraction of sp³-hybridized carbons (Fsp3) is 0.500. The molecule has 0 aliphatic heterocycles. The van der Waals surface area contributed by atoms with Crippen molar-refractivity contribution in [2.75, 3.05) is 0 Å². The predicted molar refractivity (Wildman–Crippen MR) is 53.8 cm³/mol. The molecule has 0 saturated heterocycles. The Morgan fingerprint density at radius 2 is 1.58 bits per heavy atom. The molecule has 0 heterocycles. The van der Waals surface area contributed by atoms with Crippen molar-refractivity contribution in [3.05, 3.63) is 36.5 Å². The Bertz CT molecular complexity index is 152. The monoisotopic (exact) mass is 161 g/mol. The summed E-state index contributed by atoms with van der Waals surface area (Å²) in [6.07, 6.45) is 21.5. The second-order valence-electron chi connectivity index (χ2n) is 3.16. The van der Waals surface area contributed by atoms with Crippen molar-refractivity contribution >= 4 is 0 Å². The topological polar surface area (TPSA) is 0 Å². The zero-order valence-corrected chi connectivity index (χ0v) is 7.63. The Labute approximate surface area is 75.7 Å². The molecule has 0 spiro atoms. The van der Waals surface area contributed by atoms with E-state index in [0.29, 0.717) is 0 Å². The normalized spacial score (nSPS) is 28.0. The molecule has 0 amide bonds. The van der Waals surface area contributed by atoms with E-state index in [1.54, 1.807) is 0 Å². The van der Waals surface area contributed by atoms with Crippen molar-refractivity contribution in [2.45, 2.75) is 38.5 Å². The molecule has 0 bridgehead atoms. The molecule has 12 heavy (non-hydrogen) atoms. The third-order valence-corrected chi connectivity index (χ3v) is 2.03. The molecule has 0 aromatic carbocycles. The van der Waals surface area contributed by atoms with E-state index in [4.69, 9.17) is 0 Å². The van der Waals surface area contributed by atoms with Crippen LogP contribution in [-0.4, -0.2) is 0 Å². The molecule has 0 saturated carbocycles. The highest BCUT2D eigenvalue weighted by Gasteiger charge is 1.87. The first-order chi connectivity index (χ1) is 6.00. The summed E-state index contributed by atoms with van der Waals surface area (Å²) in [5.41, 5.74) is 0. The van der Waals surface area contributed by atoms with Gasteiger partial charge in [-0.05, 0) is 31.8 Å². The maximum Gasteiger partial charge on any atom is -0.0187 e. The highest BCUT2D eigenvalue weighted by atomic mass is 13.9. The smallest absolute Gasteiger partial charge is 0.0187 e. The van der Waals surface area contributed by atoms with Gasteiger partial charge in [0.15, 0.2) is 0 Å². The molecule has 1 aliphatic carbocycles. The van der Waals surface area contributed by atoms with Crippen molar-refractivity contribution < 1.29 is 0 Å². The summed E-state index contributed by atoms with van der Waals surface area (Å²) in [4.78, 5) is 0. The van der Waals surface area contributed by atoms with Crippen LogP contribution in [0.5, 0.6) is 0 Å². The van der Waals surface area contributed by atoms with Gasteiger partial charge in [0.05, 0.1) is 0 Å². The van der Waals surface area contributed by atoms with Gasteiger partial charge in [0.25, 0.3) is 0 Å². The Morgan fingerprint density at radius 1 is 0.833 bits per heavy atom. The molecule has 0 aromatic heterocycles. The van der Waals surface area contributed by atoms with Gasteiger partial charge in [-0.25, -0.2) is 0 Å². The lowest BCUT2D eigenvalue weighted by atomic mass is 10.1. The lowest BCUT2D eigenvalue weighted by molar-refractivity contribution is 0.652. The molecule has 0 N–H and O–H groups in total. The van der Waals surface area contributed by atoms with Gasteiger partial charge < -0.3 is 0 Å². The zero-order chi connectivity index (χ0) is 8.49. The van der Waals surface area contributed by atoms with Crippen LogP contribution in [-0.2, 0) is 0 Å². The van der Waals surface area contributed by atoms with Crippen LogP contribution in [0.1, 0.15) is 38.5 Å². The summed E-state index contributed by atoms with van der Waals surface area (Å²) >= 11 is 0. The van der Waals surface area contributed by atoms with Crippen LogP contribution in [0, 0.1) is 6.08 Å². The first-order valence-electron chi connectivity index (χ1n) is 4.89. The predicted octanol–water partition coefficient (Wildman–Crippen LogP) is 3.81. The summed E-state index contributed by atoms with van der Waals surface area (Å²) in [7, 11) is 0. The largest absolute Gasteiger partial charge is 0.0845 e. The standard InChI is InChI=1S/C12H17/c1-2-4-6-8-10-12-11-9-7-5-3-1/h1-3,7,9H,4,6,8,10-12H2/b2-1+,5-3?,9-7+. The van der Waals surface area contributed by atoms with E-state index in [9.17, 15) is 0 Å². The van der Waals surface area contributed by atoms with E-state index < -0.39 is 0 Å². The number of hydrogen-bond acceptors (Lipinski definition) is 0. The molecule has 0 nitrogen and oxygen atoms in total. The third kappa shape index (κ3) is 4.95. The van der Waals surface area contributed by atoms with E-state index in [1.165, 1.54) is 38.5 Å². The number of allylic oxidation sites excluding steroid dienone is 6. The van der Waals surface area contributed by atoms with Gasteiger partial charge in [-0.3, -0.25) is 0 Å². The average molecular weight is 161 g/mol. The molecular formula is C12H17. The number of hydrogen-bond donors (Lipinski definition) is 0. The molecule has 0 fully saturated rings. The van der Waals surface area contributed by atoms with Crippen LogP contribution >= 0.6 is 0 Å². The Hall–Kier alpha value is -0.780. The van der Waals surface area contributed by atoms with Crippen molar-refractivity contribution in [2.24, 2.45) is 0 Å². The van der Waals surface area contributed by atoms with Gasteiger partial charge in [0.1, 0.15) is 0 Å². The lowest BCUT2D eigenvalue weighted by Gasteiger charge is -1.96. The molecular weight excluding hydrogens is 144 g/mol. The van der Waals surface area contributed by atoms with Crippen molar-refractivity contribution in [3.8, 4) is 0 Å². The third-order valence-electron chi connectivity index (χ3n) is 2.03. The van der Waals surface area contributed by atoms with E-state index >= 15 is 0 Å². The van der Waals surface area contributed by atoms with Crippen LogP contribution < -0.4 is 0 Å². The van der Waals surface area contributed by atoms with Gasteiger partial charge >= 0.3 is 0 Å². The molecule has 0 unspecified atom stereocenters. The minimum Gasteiger partial charge on any atom is -0.0845 e. The molecule has 65 valence electrons. The second-order valence-corrected chi connectivity index (χ2v) is 3.16. The molecule has 0 atom stereocenters. The van der Waals surface area contributed by atoms with Crippen LogP contribution in [0.25, 0.3) is 0 Å². The lowest BCUT2D eigenvalue weighted by Crippen LogP contribution is -1.77. The summed E-state index contributed by atoms with van der Waals surface area (Å²) in [5, 5.41) is 0. The molecule has 1 rings (SSSR count). The molecule has 1 radical (unpaired) electrons. The minimum atomic E-state index is 1.21. The van der Waals surface area contributed by atoms with Crippen LogP contribution in [0.2, 0.25) is 0 Å². The summed E-state index contributed by atoms with van der Waals surface area (Å²) in [6, 6.07) is 0. The van der Waals surface area contributed by atoms with E-state index in [1.807, 2.05) is 12.2 Å². The van der Waals surface area contributed by atoms with Crippen molar-refractivity contribution in [1.29, 1.82) is 0 Å². The van der Waals surface area contributed by atoms with Gasteiger partial charge in [-0.1, -0.05) is 43.2 Å². The summed E-state index contributed by atoms with van der Waals surface area (Å²) in [6.45, 7) is 0. The first kappa shape index (κ1) is 9.31. The zero-order valence-electron chi connectivity index (χ0n) is 7.63. The SMILES string of the molecule is [C]1=C\C=C\CCCCCC/C=C/1.